The largest absolute Gasteiger partial charge is 0.611 e. The van der Waals surface area contributed by atoms with Crippen LogP contribution in [-0.2, 0) is 17.7 Å². The third kappa shape index (κ3) is 2.24. The molecule has 0 spiro atoms. The first-order valence-electron chi connectivity index (χ1n) is 3.95. The van der Waals surface area contributed by atoms with Gasteiger partial charge in [0.25, 0.3) is 0 Å². The fraction of sp³-hybridized carbons (Fsp3) is 0.333. The number of nitrogens with two attached hydrogens (primary N) is 1. The number of rotatable bonds is 3. The lowest BCUT2D eigenvalue weighted by atomic mass is 10.2. The minimum atomic E-state index is -0.841. The normalized spacial score (nSPS) is 12.9. The van der Waals surface area contributed by atoms with Crippen molar-refractivity contribution in [1.82, 2.24) is 0 Å². The monoisotopic (exact) mass is 183 g/mol. The van der Waals surface area contributed by atoms with E-state index in [-0.39, 0.29) is 0 Å². The Bertz CT molecular complexity index is 235. The summed E-state index contributed by atoms with van der Waals surface area (Å²) in [7, 11) is 0. The lowest BCUT2D eigenvalue weighted by molar-refractivity contribution is 0.596. The fourth-order valence-electron chi connectivity index (χ4n) is 0.944. The third-order valence-electron chi connectivity index (χ3n) is 1.68. The molecule has 0 amide bonds. The van der Waals surface area contributed by atoms with E-state index in [1.54, 1.807) is 0 Å². The van der Waals surface area contributed by atoms with Crippen LogP contribution >= 0.6 is 0 Å². The number of hydrogen-bond donors (Lipinski definition) is 1. The van der Waals surface area contributed by atoms with E-state index in [1.807, 2.05) is 31.2 Å². The predicted octanol–water partition coefficient (Wildman–Crippen LogP) is 1.27. The topological polar surface area (TPSA) is 49.1 Å². The van der Waals surface area contributed by atoms with Crippen LogP contribution < -0.4 is 5.73 Å². The zero-order chi connectivity index (χ0) is 8.97. The Hall–Kier alpha value is -0.510. The van der Waals surface area contributed by atoms with Crippen molar-refractivity contribution in [2.24, 2.45) is 5.73 Å². The minimum Gasteiger partial charge on any atom is -0.611 e. The first-order chi connectivity index (χ1) is 5.77. The zero-order valence-corrected chi connectivity index (χ0v) is 7.93. The average molecular weight is 183 g/mol. The summed E-state index contributed by atoms with van der Waals surface area (Å²) in [4.78, 5) is 0.884. The molecule has 0 aliphatic rings. The number of benzene rings is 1. The van der Waals surface area contributed by atoms with E-state index < -0.39 is 11.2 Å². The van der Waals surface area contributed by atoms with Crippen LogP contribution in [-0.4, -0.2) is 10.3 Å². The molecule has 12 heavy (non-hydrogen) atoms. The van der Waals surface area contributed by atoms with Crippen LogP contribution in [0.5, 0.6) is 0 Å². The summed E-state index contributed by atoms with van der Waals surface area (Å²) in [6.07, 6.45) is 0. The molecular weight excluding hydrogens is 170 g/mol. The van der Waals surface area contributed by atoms with Gasteiger partial charge >= 0.3 is 0 Å². The Kier molecular flexibility index (Phi) is 3.59. The molecule has 0 aromatic heterocycles. The van der Waals surface area contributed by atoms with Gasteiger partial charge < -0.3 is 10.3 Å². The Balaban J connectivity index is 2.77. The van der Waals surface area contributed by atoms with Crippen molar-refractivity contribution in [3.05, 3.63) is 29.8 Å². The van der Waals surface area contributed by atoms with Crippen LogP contribution in [0.15, 0.2) is 29.2 Å². The second kappa shape index (κ2) is 4.50. The Morgan fingerprint density at radius 3 is 2.33 bits per heavy atom. The van der Waals surface area contributed by atoms with E-state index in [2.05, 4.69) is 0 Å². The van der Waals surface area contributed by atoms with Crippen molar-refractivity contribution < 1.29 is 4.55 Å². The van der Waals surface area contributed by atoms with Crippen molar-refractivity contribution >= 4 is 11.2 Å². The van der Waals surface area contributed by atoms with E-state index >= 15 is 0 Å². The van der Waals surface area contributed by atoms with Crippen LogP contribution in [0.4, 0.5) is 0 Å². The maximum atomic E-state index is 11.3. The van der Waals surface area contributed by atoms with E-state index in [9.17, 15) is 4.55 Å². The molecule has 1 aromatic carbocycles. The fourth-order valence-corrected chi connectivity index (χ4v) is 1.72. The van der Waals surface area contributed by atoms with Gasteiger partial charge in [-0.2, -0.15) is 0 Å². The second-order valence-corrected chi connectivity index (χ2v) is 4.22. The maximum absolute atomic E-state index is 11.3. The van der Waals surface area contributed by atoms with Gasteiger partial charge in [-0.1, -0.05) is 12.1 Å². The summed E-state index contributed by atoms with van der Waals surface area (Å²) < 4.78 is 11.3. The summed E-state index contributed by atoms with van der Waals surface area (Å²) in [5, 5.41) is 0. The molecule has 0 saturated heterocycles. The highest BCUT2D eigenvalue weighted by atomic mass is 32.2. The Labute approximate surface area is 76.0 Å². The highest BCUT2D eigenvalue weighted by molar-refractivity contribution is 7.91. The van der Waals surface area contributed by atoms with Gasteiger partial charge in [0.15, 0.2) is 4.90 Å². The van der Waals surface area contributed by atoms with E-state index in [0.717, 1.165) is 10.5 Å². The molecule has 0 radical (unpaired) electrons. The van der Waals surface area contributed by atoms with Gasteiger partial charge in [-0.25, -0.2) is 0 Å². The quantitative estimate of drug-likeness (QED) is 0.717. The zero-order valence-electron chi connectivity index (χ0n) is 7.12. The summed E-state index contributed by atoms with van der Waals surface area (Å²) >= 11 is -0.841. The molecule has 0 saturated carbocycles. The predicted molar refractivity (Wildman–Crippen MR) is 51.3 cm³/mol. The van der Waals surface area contributed by atoms with Crippen molar-refractivity contribution in [3.63, 3.8) is 0 Å². The van der Waals surface area contributed by atoms with Gasteiger partial charge in [-0.15, -0.1) is 0 Å². The van der Waals surface area contributed by atoms with Gasteiger partial charge in [-0.3, -0.25) is 0 Å². The standard InChI is InChI=1S/C9H13NOS/c1-2-12(11)9-5-3-8(7-10)4-6-9/h3-6H,2,7,10H2,1H3. The molecule has 1 atom stereocenters. The van der Waals surface area contributed by atoms with Crippen LogP contribution in [0.2, 0.25) is 0 Å². The molecule has 1 rings (SSSR count). The molecule has 66 valence electrons. The molecule has 2 N–H and O–H groups in total. The van der Waals surface area contributed by atoms with E-state index in [1.165, 1.54) is 0 Å². The smallest absolute Gasteiger partial charge is 0.152 e. The summed E-state index contributed by atoms with van der Waals surface area (Å²) in [6.45, 7) is 2.45. The molecular formula is C9H13NOS. The van der Waals surface area contributed by atoms with Gasteiger partial charge in [0.05, 0.1) is 0 Å². The second-order valence-electron chi connectivity index (χ2n) is 2.48. The molecule has 0 aliphatic carbocycles. The highest BCUT2D eigenvalue weighted by Crippen LogP contribution is 2.11. The van der Waals surface area contributed by atoms with E-state index in [0.29, 0.717) is 12.3 Å². The molecule has 3 heteroatoms. The summed E-state index contributed by atoms with van der Waals surface area (Å²) in [5.41, 5.74) is 6.51. The number of hydrogen-bond acceptors (Lipinski definition) is 2. The highest BCUT2D eigenvalue weighted by Gasteiger charge is 2.05. The van der Waals surface area contributed by atoms with Crippen LogP contribution in [0, 0.1) is 0 Å². The maximum Gasteiger partial charge on any atom is 0.152 e. The lowest BCUT2D eigenvalue weighted by Crippen LogP contribution is -2.04. The summed E-state index contributed by atoms with van der Waals surface area (Å²) in [6, 6.07) is 7.59. The van der Waals surface area contributed by atoms with Gasteiger partial charge in [0, 0.05) is 6.54 Å². The lowest BCUT2D eigenvalue weighted by Gasteiger charge is -2.07. The molecule has 2 nitrogen and oxygen atoms in total. The third-order valence-corrected chi connectivity index (χ3v) is 3.01. The first-order valence-corrected chi connectivity index (χ1v) is 5.27. The first kappa shape index (κ1) is 9.58. The van der Waals surface area contributed by atoms with Crippen molar-refractivity contribution in [1.29, 1.82) is 0 Å². The SMILES string of the molecule is CC[S+]([O-])c1ccc(CN)cc1. The Morgan fingerprint density at radius 1 is 1.33 bits per heavy atom. The Morgan fingerprint density at radius 2 is 1.92 bits per heavy atom. The van der Waals surface area contributed by atoms with Crippen LogP contribution in [0.3, 0.4) is 0 Å². The minimum absolute atomic E-state index is 0.541. The molecule has 0 fully saturated rings. The van der Waals surface area contributed by atoms with Gasteiger partial charge in [0.2, 0.25) is 0 Å². The van der Waals surface area contributed by atoms with Gasteiger partial charge in [0.1, 0.15) is 5.75 Å². The summed E-state index contributed by atoms with van der Waals surface area (Å²) in [5.74, 6) is 0.669. The van der Waals surface area contributed by atoms with Gasteiger partial charge in [-0.05, 0) is 35.8 Å². The molecule has 1 unspecified atom stereocenters. The molecule has 0 bridgehead atoms. The molecule has 1 aromatic rings. The molecule has 0 heterocycles. The molecule has 0 aliphatic heterocycles. The van der Waals surface area contributed by atoms with E-state index in [4.69, 9.17) is 5.73 Å². The van der Waals surface area contributed by atoms with Crippen LogP contribution in [0.25, 0.3) is 0 Å². The van der Waals surface area contributed by atoms with Crippen molar-refractivity contribution in [2.45, 2.75) is 18.4 Å². The van der Waals surface area contributed by atoms with Crippen LogP contribution in [0.1, 0.15) is 12.5 Å². The van der Waals surface area contributed by atoms with Crippen molar-refractivity contribution in [2.75, 3.05) is 5.75 Å². The average Bonchev–Trinajstić information content (AvgIpc) is 2.17. The van der Waals surface area contributed by atoms with Crippen molar-refractivity contribution in [3.8, 4) is 0 Å².